The van der Waals surface area contributed by atoms with Crippen LogP contribution in [0.1, 0.15) is 36.5 Å². The molecule has 0 atom stereocenters. The number of carbonyl (C=O) groups excluding carboxylic acids is 1. The lowest BCUT2D eigenvalue weighted by Gasteiger charge is -2.21. The molecular formula is C26H22N2O3. The van der Waals surface area contributed by atoms with Crippen LogP contribution in [0.3, 0.4) is 0 Å². The van der Waals surface area contributed by atoms with Gasteiger partial charge < -0.3 is 0 Å². The van der Waals surface area contributed by atoms with E-state index in [9.17, 15) is 14.9 Å². The first-order chi connectivity index (χ1) is 14.9. The van der Waals surface area contributed by atoms with E-state index in [0.717, 1.165) is 22.5 Å². The minimum absolute atomic E-state index is 0.0206. The largest absolute Gasteiger partial charge is 0.276 e. The van der Waals surface area contributed by atoms with Crippen LogP contribution >= 0.6 is 0 Å². The second-order valence-electron chi connectivity index (χ2n) is 7.73. The minimum atomic E-state index is -0.437. The van der Waals surface area contributed by atoms with E-state index in [2.05, 4.69) is 13.8 Å². The fourth-order valence-corrected chi connectivity index (χ4v) is 3.57. The molecule has 0 fully saturated rings. The number of nitro benzene ring substituents is 1. The summed E-state index contributed by atoms with van der Waals surface area (Å²) in [5.74, 6) is 0.277. The van der Waals surface area contributed by atoms with Crippen LogP contribution in [-0.2, 0) is 4.79 Å². The third-order valence-corrected chi connectivity index (χ3v) is 5.30. The lowest BCUT2D eigenvalue weighted by molar-refractivity contribution is -0.384. The fraction of sp³-hybridized carbons (Fsp3) is 0.115. The van der Waals surface area contributed by atoms with E-state index in [0.29, 0.717) is 11.5 Å². The van der Waals surface area contributed by atoms with Crippen molar-refractivity contribution in [3.8, 4) is 0 Å². The molecule has 0 unspecified atom stereocenters. The first kappa shape index (κ1) is 20.3. The van der Waals surface area contributed by atoms with Gasteiger partial charge in [0, 0.05) is 23.4 Å². The molecule has 31 heavy (non-hydrogen) atoms. The molecule has 0 radical (unpaired) electrons. The van der Waals surface area contributed by atoms with Gasteiger partial charge in [0.15, 0.2) is 0 Å². The molecule has 0 aromatic heterocycles. The van der Waals surface area contributed by atoms with Crippen LogP contribution in [0, 0.1) is 10.1 Å². The van der Waals surface area contributed by atoms with E-state index in [1.807, 2.05) is 60.7 Å². The van der Waals surface area contributed by atoms with Gasteiger partial charge in [-0.3, -0.25) is 19.8 Å². The van der Waals surface area contributed by atoms with Crippen LogP contribution in [-0.4, -0.2) is 10.8 Å². The van der Waals surface area contributed by atoms with Crippen LogP contribution in [0.4, 0.5) is 11.4 Å². The Kier molecular flexibility index (Phi) is 5.50. The number of nitrogens with zero attached hydrogens (tertiary/aromatic N) is 2. The lowest BCUT2D eigenvalue weighted by atomic mass is 10.0. The van der Waals surface area contributed by atoms with Crippen molar-refractivity contribution in [1.29, 1.82) is 0 Å². The van der Waals surface area contributed by atoms with E-state index in [1.54, 1.807) is 23.1 Å². The van der Waals surface area contributed by atoms with Crippen molar-refractivity contribution in [3.05, 3.63) is 117 Å². The summed E-state index contributed by atoms with van der Waals surface area (Å²) in [6, 6.07) is 24.0. The molecule has 0 aliphatic carbocycles. The molecule has 5 nitrogen and oxygen atoms in total. The predicted molar refractivity (Wildman–Crippen MR) is 124 cm³/mol. The zero-order valence-corrected chi connectivity index (χ0v) is 17.4. The Morgan fingerprint density at radius 1 is 0.903 bits per heavy atom. The summed E-state index contributed by atoms with van der Waals surface area (Å²) in [5.41, 5.74) is 5.04. The molecule has 1 aliphatic heterocycles. The van der Waals surface area contributed by atoms with Gasteiger partial charge in [0.05, 0.1) is 10.6 Å². The van der Waals surface area contributed by atoms with Crippen LogP contribution in [0.2, 0.25) is 0 Å². The van der Waals surface area contributed by atoms with Crippen molar-refractivity contribution in [2.45, 2.75) is 19.8 Å². The van der Waals surface area contributed by atoms with Crippen LogP contribution in [0.25, 0.3) is 11.8 Å². The third kappa shape index (κ3) is 4.16. The molecule has 0 saturated heterocycles. The van der Waals surface area contributed by atoms with Gasteiger partial charge in [-0.15, -0.1) is 0 Å². The number of hydrogen-bond donors (Lipinski definition) is 0. The Bertz CT molecular complexity index is 1180. The summed E-state index contributed by atoms with van der Waals surface area (Å²) in [4.78, 5) is 25.6. The molecule has 1 heterocycles. The Balaban J connectivity index is 1.75. The SMILES string of the molecule is CC(C)c1ccc(N2C(=O)/C(=C/c3ccc([N+](=O)[O-])cc3)C=C2c2ccccc2)cc1. The highest BCUT2D eigenvalue weighted by Gasteiger charge is 2.30. The van der Waals surface area contributed by atoms with Gasteiger partial charge in [-0.1, -0.05) is 56.3 Å². The highest BCUT2D eigenvalue weighted by molar-refractivity contribution is 6.23. The highest BCUT2D eigenvalue weighted by atomic mass is 16.6. The number of benzene rings is 3. The first-order valence-corrected chi connectivity index (χ1v) is 10.1. The van der Waals surface area contributed by atoms with Crippen molar-refractivity contribution < 1.29 is 9.72 Å². The van der Waals surface area contributed by atoms with E-state index >= 15 is 0 Å². The molecular weight excluding hydrogens is 388 g/mol. The van der Waals surface area contributed by atoms with Gasteiger partial charge in [-0.2, -0.15) is 0 Å². The number of hydrogen-bond acceptors (Lipinski definition) is 3. The molecule has 0 saturated carbocycles. The minimum Gasteiger partial charge on any atom is -0.276 e. The number of nitro groups is 1. The second-order valence-corrected chi connectivity index (χ2v) is 7.73. The molecule has 4 rings (SSSR count). The van der Waals surface area contributed by atoms with Gasteiger partial charge in [0.1, 0.15) is 0 Å². The summed E-state index contributed by atoms with van der Waals surface area (Å²) < 4.78 is 0. The maximum Gasteiger partial charge on any atom is 0.269 e. The highest BCUT2D eigenvalue weighted by Crippen LogP contribution is 2.35. The average Bonchev–Trinajstić information content (AvgIpc) is 3.10. The van der Waals surface area contributed by atoms with Crippen molar-refractivity contribution in [1.82, 2.24) is 0 Å². The number of carbonyl (C=O) groups is 1. The summed E-state index contributed by atoms with van der Waals surface area (Å²) >= 11 is 0. The maximum absolute atomic E-state index is 13.4. The molecule has 1 amide bonds. The molecule has 0 bridgehead atoms. The van der Waals surface area contributed by atoms with Crippen LogP contribution < -0.4 is 4.90 Å². The number of amides is 1. The number of non-ortho nitro benzene ring substituents is 1. The zero-order valence-electron chi connectivity index (χ0n) is 17.4. The smallest absolute Gasteiger partial charge is 0.269 e. The van der Waals surface area contributed by atoms with Crippen molar-refractivity contribution in [3.63, 3.8) is 0 Å². The summed E-state index contributed by atoms with van der Waals surface area (Å²) in [6.07, 6.45) is 3.63. The molecule has 0 N–H and O–H groups in total. The first-order valence-electron chi connectivity index (χ1n) is 10.1. The van der Waals surface area contributed by atoms with E-state index in [-0.39, 0.29) is 11.6 Å². The molecule has 3 aromatic carbocycles. The monoisotopic (exact) mass is 410 g/mol. The molecule has 3 aromatic rings. The van der Waals surface area contributed by atoms with Crippen molar-refractivity contribution >= 4 is 29.1 Å². The standard InChI is InChI=1S/C26H22N2O3/c1-18(2)20-10-14-23(15-11-20)27-25(21-6-4-3-5-7-21)17-22(26(27)29)16-19-8-12-24(13-9-19)28(30)31/h3-18H,1-2H3/b22-16+. The fourth-order valence-electron chi connectivity index (χ4n) is 3.57. The normalized spacial score (nSPS) is 14.9. The number of anilines is 1. The predicted octanol–water partition coefficient (Wildman–Crippen LogP) is 6.19. The average molecular weight is 410 g/mol. The van der Waals surface area contributed by atoms with E-state index in [4.69, 9.17) is 0 Å². The molecule has 5 heteroatoms. The zero-order chi connectivity index (χ0) is 22.0. The van der Waals surface area contributed by atoms with Crippen molar-refractivity contribution in [2.75, 3.05) is 4.90 Å². The molecule has 1 aliphatic rings. The van der Waals surface area contributed by atoms with Crippen LogP contribution in [0.15, 0.2) is 90.5 Å². The van der Waals surface area contributed by atoms with E-state index < -0.39 is 4.92 Å². The quantitative estimate of drug-likeness (QED) is 0.286. The Morgan fingerprint density at radius 2 is 1.55 bits per heavy atom. The summed E-state index contributed by atoms with van der Waals surface area (Å²) in [6.45, 7) is 4.27. The second kappa shape index (κ2) is 8.40. The van der Waals surface area contributed by atoms with Gasteiger partial charge in [-0.25, -0.2) is 0 Å². The Labute approximate surface area is 181 Å². The summed E-state index contributed by atoms with van der Waals surface area (Å²) in [5, 5.41) is 10.9. The van der Waals surface area contributed by atoms with Gasteiger partial charge >= 0.3 is 0 Å². The van der Waals surface area contributed by atoms with E-state index in [1.165, 1.54) is 17.7 Å². The lowest BCUT2D eigenvalue weighted by Crippen LogP contribution is -2.24. The van der Waals surface area contributed by atoms with Gasteiger partial charge in [0.25, 0.3) is 11.6 Å². The van der Waals surface area contributed by atoms with Crippen molar-refractivity contribution in [2.24, 2.45) is 0 Å². The Hall–Kier alpha value is -3.99. The van der Waals surface area contributed by atoms with Crippen LogP contribution in [0.5, 0.6) is 0 Å². The molecule has 154 valence electrons. The number of rotatable bonds is 5. The topological polar surface area (TPSA) is 63.5 Å². The summed E-state index contributed by atoms with van der Waals surface area (Å²) in [7, 11) is 0. The maximum atomic E-state index is 13.4. The Morgan fingerprint density at radius 3 is 2.13 bits per heavy atom. The third-order valence-electron chi connectivity index (χ3n) is 5.30. The molecule has 0 spiro atoms. The van der Waals surface area contributed by atoms with Gasteiger partial charge in [0.2, 0.25) is 0 Å². The van der Waals surface area contributed by atoms with Gasteiger partial charge in [-0.05, 0) is 59.0 Å².